The lowest BCUT2D eigenvalue weighted by molar-refractivity contribution is 0.0624. The maximum Gasteiger partial charge on any atom is 0.257 e. The summed E-state index contributed by atoms with van der Waals surface area (Å²) < 4.78 is 0. The van der Waals surface area contributed by atoms with Crippen LogP contribution in [0.2, 0.25) is 0 Å². The molecule has 0 saturated carbocycles. The molecule has 3 aromatic rings. The third-order valence-corrected chi connectivity index (χ3v) is 5.94. The lowest BCUT2D eigenvalue weighted by Gasteiger charge is -2.34. The maximum atomic E-state index is 12.7. The zero-order valence-corrected chi connectivity index (χ0v) is 16.7. The van der Waals surface area contributed by atoms with Gasteiger partial charge in [-0.2, -0.15) is 0 Å². The Kier molecular flexibility index (Phi) is 5.41. The molecule has 1 amide bonds. The quantitative estimate of drug-likeness (QED) is 0.733. The number of hydrogen-bond acceptors (Lipinski definition) is 5. The van der Waals surface area contributed by atoms with Gasteiger partial charge in [0, 0.05) is 43.7 Å². The van der Waals surface area contributed by atoms with Crippen molar-refractivity contribution >= 4 is 17.2 Å². The summed E-state index contributed by atoms with van der Waals surface area (Å²) in [6.45, 7) is 5.63. The molecule has 0 spiro atoms. The monoisotopic (exact) mass is 393 g/mol. The van der Waals surface area contributed by atoms with E-state index >= 15 is 0 Å². The second-order valence-corrected chi connectivity index (χ2v) is 7.96. The molecule has 0 atom stereocenters. The van der Waals surface area contributed by atoms with E-state index in [4.69, 9.17) is 4.98 Å². The Bertz CT molecular complexity index is 963. The highest BCUT2D eigenvalue weighted by Crippen LogP contribution is 2.25. The van der Waals surface area contributed by atoms with Gasteiger partial charge >= 0.3 is 0 Å². The zero-order valence-electron chi connectivity index (χ0n) is 15.8. The number of hydrogen-bond donors (Lipinski definition) is 1. The molecule has 4 rings (SSSR count). The van der Waals surface area contributed by atoms with Gasteiger partial charge in [-0.1, -0.05) is 42.0 Å². The summed E-state index contributed by atoms with van der Waals surface area (Å²) in [7, 11) is 0. The fourth-order valence-corrected chi connectivity index (χ4v) is 4.24. The second kappa shape index (κ2) is 8.12. The van der Waals surface area contributed by atoms with Gasteiger partial charge in [0.1, 0.15) is 10.8 Å². The molecule has 2 aromatic carbocycles. The molecule has 0 radical (unpaired) electrons. The molecule has 1 saturated heterocycles. The van der Waals surface area contributed by atoms with Gasteiger partial charge in [0.15, 0.2) is 0 Å². The second-order valence-electron chi connectivity index (χ2n) is 7.10. The van der Waals surface area contributed by atoms with E-state index in [0.29, 0.717) is 18.7 Å². The molecule has 2 heterocycles. The lowest BCUT2D eigenvalue weighted by Crippen LogP contribution is -2.48. The normalized spacial score (nSPS) is 15.0. The summed E-state index contributed by atoms with van der Waals surface area (Å²) in [5.74, 6) is -0.0465. The Hall–Kier alpha value is -2.70. The smallest absolute Gasteiger partial charge is 0.257 e. The number of nitrogens with zero attached hydrogens (tertiary/aromatic N) is 3. The summed E-state index contributed by atoms with van der Waals surface area (Å²) in [4.78, 5) is 21.6. The molecule has 5 nitrogen and oxygen atoms in total. The summed E-state index contributed by atoms with van der Waals surface area (Å²) in [5, 5.41) is 13.2. The predicted octanol–water partition coefficient (Wildman–Crippen LogP) is 3.78. The van der Waals surface area contributed by atoms with Gasteiger partial charge in [-0.05, 0) is 19.1 Å². The largest absolute Gasteiger partial charge is 0.507 e. The van der Waals surface area contributed by atoms with Gasteiger partial charge in [0.2, 0.25) is 0 Å². The van der Waals surface area contributed by atoms with Gasteiger partial charge in [0.05, 0.1) is 11.3 Å². The van der Waals surface area contributed by atoms with Gasteiger partial charge < -0.3 is 10.0 Å². The van der Waals surface area contributed by atoms with Crippen molar-refractivity contribution in [2.75, 3.05) is 26.2 Å². The first-order valence-corrected chi connectivity index (χ1v) is 10.3. The highest BCUT2D eigenvalue weighted by Gasteiger charge is 2.24. The molecule has 1 aromatic heterocycles. The Labute approximate surface area is 168 Å². The van der Waals surface area contributed by atoms with Gasteiger partial charge in [-0.15, -0.1) is 11.3 Å². The van der Waals surface area contributed by atoms with Crippen molar-refractivity contribution in [3.63, 3.8) is 0 Å². The summed E-state index contributed by atoms with van der Waals surface area (Å²) in [5.41, 5.74) is 3.57. The minimum Gasteiger partial charge on any atom is -0.507 e. The molecular formula is C22H23N3O2S. The maximum absolute atomic E-state index is 12.7. The molecule has 1 aliphatic heterocycles. The molecule has 144 valence electrons. The highest BCUT2D eigenvalue weighted by atomic mass is 32.1. The lowest BCUT2D eigenvalue weighted by atomic mass is 10.1. The molecule has 1 N–H and O–H groups in total. The SMILES string of the molecule is Cc1ccc(O)c(C(=O)N2CCN(Cc3csc(-c4ccccc4)n3)CC2)c1. The minimum absolute atomic E-state index is 0.0499. The van der Waals surface area contributed by atoms with Gasteiger partial charge in [-0.25, -0.2) is 4.98 Å². The summed E-state index contributed by atoms with van der Waals surface area (Å²) in [6.07, 6.45) is 0. The topological polar surface area (TPSA) is 56.7 Å². The number of rotatable bonds is 4. The Morgan fingerprint density at radius 1 is 1.11 bits per heavy atom. The molecule has 28 heavy (non-hydrogen) atoms. The van der Waals surface area contributed by atoms with Crippen LogP contribution in [0.4, 0.5) is 0 Å². The number of aryl methyl sites for hydroxylation is 1. The predicted molar refractivity (Wildman–Crippen MR) is 112 cm³/mol. The first-order valence-electron chi connectivity index (χ1n) is 9.41. The van der Waals surface area contributed by atoms with E-state index in [2.05, 4.69) is 22.4 Å². The van der Waals surface area contributed by atoms with E-state index in [1.54, 1.807) is 23.5 Å². The Morgan fingerprint density at radius 2 is 1.86 bits per heavy atom. The van der Waals surface area contributed by atoms with E-state index in [0.717, 1.165) is 41.5 Å². The van der Waals surface area contributed by atoms with Gasteiger partial charge in [-0.3, -0.25) is 9.69 Å². The number of aromatic hydroxyl groups is 1. The van der Waals surface area contributed by atoms with Crippen LogP contribution in [0, 0.1) is 6.92 Å². The van der Waals surface area contributed by atoms with Crippen LogP contribution < -0.4 is 0 Å². The van der Waals surface area contributed by atoms with Crippen LogP contribution in [0.5, 0.6) is 5.75 Å². The van der Waals surface area contributed by atoms with E-state index in [9.17, 15) is 9.90 Å². The van der Waals surface area contributed by atoms with Crippen molar-refractivity contribution in [3.05, 3.63) is 70.7 Å². The molecule has 0 bridgehead atoms. The minimum atomic E-state index is -0.0964. The standard InChI is InChI=1S/C22H23N3O2S/c1-16-7-8-20(26)19(13-16)22(27)25-11-9-24(10-12-25)14-18-15-28-21(23-18)17-5-3-2-4-6-17/h2-8,13,15,26H,9-12,14H2,1H3. The third-order valence-electron chi connectivity index (χ3n) is 5.00. The number of amides is 1. The van der Waals surface area contributed by atoms with Crippen LogP contribution in [0.3, 0.4) is 0 Å². The fraction of sp³-hybridized carbons (Fsp3) is 0.273. The highest BCUT2D eigenvalue weighted by molar-refractivity contribution is 7.13. The van der Waals surface area contributed by atoms with Crippen LogP contribution >= 0.6 is 11.3 Å². The van der Waals surface area contributed by atoms with Crippen molar-refractivity contribution in [2.45, 2.75) is 13.5 Å². The number of phenols is 1. The molecule has 0 unspecified atom stereocenters. The number of benzene rings is 2. The summed E-state index contributed by atoms with van der Waals surface area (Å²) >= 11 is 1.67. The van der Waals surface area contributed by atoms with Crippen LogP contribution in [-0.2, 0) is 6.54 Å². The molecule has 1 aliphatic rings. The van der Waals surface area contributed by atoms with Crippen LogP contribution in [0.15, 0.2) is 53.9 Å². The van der Waals surface area contributed by atoms with Crippen LogP contribution in [-0.4, -0.2) is 52.0 Å². The van der Waals surface area contributed by atoms with Crippen LogP contribution in [0.25, 0.3) is 10.6 Å². The van der Waals surface area contributed by atoms with E-state index in [-0.39, 0.29) is 11.7 Å². The molecule has 1 fully saturated rings. The average molecular weight is 394 g/mol. The number of aromatic nitrogens is 1. The third kappa shape index (κ3) is 4.08. The Balaban J connectivity index is 1.35. The van der Waals surface area contributed by atoms with E-state index in [1.807, 2.05) is 36.1 Å². The van der Waals surface area contributed by atoms with Gasteiger partial charge in [0.25, 0.3) is 5.91 Å². The van der Waals surface area contributed by atoms with Crippen LogP contribution in [0.1, 0.15) is 21.6 Å². The van der Waals surface area contributed by atoms with E-state index in [1.165, 1.54) is 0 Å². The van der Waals surface area contributed by atoms with Crippen molar-refractivity contribution in [3.8, 4) is 16.3 Å². The van der Waals surface area contributed by atoms with Crippen molar-refractivity contribution in [1.29, 1.82) is 0 Å². The van der Waals surface area contributed by atoms with Crippen molar-refractivity contribution < 1.29 is 9.90 Å². The number of thiazole rings is 1. The molecular weight excluding hydrogens is 370 g/mol. The zero-order chi connectivity index (χ0) is 19.5. The number of carbonyl (C=O) groups excluding carboxylic acids is 1. The number of piperazine rings is 1. The average Bonchev–Trinajstić information content (AvgIpc) is 3.19. The van der Waals surface area contributed by atoms with Crippen molar-refractivity contribution in [1.82, 2.24) is 14.8 Å². The summed E-state index contributed by atoms with van der Waals surface area (Å²) in [6, 6.07) is 15.4. The first-order chi connectivity index (χ1) is 13.6. The molecule has 0 aliphatic carbocycles. The van der Waals surface area contributed by atoms with E-state index < -0.39 is 0 Å². The first kappa shape index (κ1) is 18.7. The fourth-order valence-electron chi connectivity index (χ4n) is 3.42. The van der Waals surface area contributed by atoms with Crippen molar-refractivity contribution in [2.24, 2.45) is 0 Å². The number of carbonyl (C=O) groups is 1. The number of phenolic OH excluding ortho intramolecular Hbond substituents is 1. The Morgan fingerprint density at radius 3 is 2.61 bits per heavy atom. The molecule has 6 heteroatoms.